The number of nitrogens with two attached hydrogens (primary N) is 1. The molecule has 1 saturated heterocycles. The van der Waals surface area contributed by atoms with Crippen molar-refractivity contribution in [3.63, 3.8) is 0 Å². The van der Waals surface area contributed by atoms with Gasteiger partial charge in [0, 0.05) is 12.6 Å². The van der Waals surface area contributed by atoms with Crippen molar-refractivity contribution in [2.24, 2.45) is 5.73 Å². The van der Waals surface area contributed by atoms with E-state index in [1.807, 2.05) is 19.9 Å². The van der Waals surface area contributed by atoms with E-state index in [1.54, 1.807) is 12.1 Å². The molecule has 1 aromatic carbocycles. The van der Waals surface area contributed by atoms with Crippen LogP contribution in [0.3, 0.4) is 0 Å². The highest BCUT2D eigenvalue weighted by molar-refractivity contribution is 6.32. The van der Waals surface area contributed by atoms with E-state index in [-0.39, 0.29) is 12.1 Å². The smallest absolute Gasteiger partial charge is 0.138 e. The topological polar surface area (TPSA) is 58.7 Å². The van der Waals surface area contributed by atoms with Gasteiger partial charge in [0.2, 0.25) is 0 Å². The number of benzene rings is 1. The third kappa shape index (κ3) is 4.58. The highest BCUT2D eigenvalue weighted by Gasteiger charge is 2.22. The molecule has 3 N–H and O–H groups in total. The van der Waals surface area contributed by atoms with Gasteiger partial charge in [-0.1, -0.05) is 17.7 Å². The number of rotatable bonds is 6. The Morgan fingerprint density at radius 2 is 2.00 bits per heavy atom. The summed E-state index contributed by atoms with van der Waals surface area (Å²) in [5.41, 5.74) is 6.87. The molecule has 1 fully saturated rings. The lowest BCUT2D eigenvalue weighted by Gasteiger charge is -2.25. The Morgan fingerprint density at radius 1 is 1.33 bits per heavy atom. The van der Waals surface area contributed by atoms with Crippen LogP contribution >= 0.6 is 11.6 Å². The quantitative estimate of drug-likeness (QED) is 0.847. The van der Waals surface area contributed by atoms with E-state index in [1.165, 1.54) is 12.8 Å². The van der Waals surface area contributed by atoms with Crippen LogP contribution < -0.4 is 10.5 Å². The first-order chi connectivity index (χ1) is 9.97. The lowest BCUT2D eigenvalue weighted by atomic mass is 10.0. The Labute approximate surface area is 131 Å². The van der Waals surface area contributed by atoms with Crippen molar-refractivity contribution in [2.45, 2.75) is 44.9 Å². The maximum Gasteiger partial charge on any atom is 0.138 e. The van der Waals surface area contributed by atoms with Gasteiger partial charge in [-0.3, -0.25) is 0 Å². The molecular weight excluding hydrogens is 288 g/mol. The number of hydrogen-bond donors (Lipinski definition) is 2. The molecule has 5 heteroatoms. The molecule has 1 aliphatic heterocycles. The number of hydrogen-bond acceptors (Lipinski definition) is 4. The minimum absolute atomic E-state index is 0.0655. The summed E-state index contributed by atoms with van der Waals surface area (Å²) < 4.78 is 5.59. The summed E-state index contributed by atoms with van der Waals surface area (Å²) in [6.07, 6.45) is 1.79. The minimum Gasteiger partial charge on any atom is -0.489 e. The average Bonchev–Trinajstić information content (AvgIpc) is 2.92. The highest BCUT2D eigenvalue weighted by atomic mass is 35.5. The van der Waals surface area contributed by atoms with Crippen LogP contribution in [-0.2, 0) is 0 Å². The van der Waals surface area contributed by atoms with Crippen molar-refractivity contribution >= 4 is 11.6 Å². The monoisotopic (exact) mass is 312 g/mol. The molecule has 0 aliphatic carbocycles. The standard InChI is InChI=1S/C16H25ClN2O2/c1-11(2)21-15-6-5-12(9-13(15)17)16(20)14(18)10-19-7-3-4-8-19/h5-6,9,11,14,16,20H,3-4,7-8,10,18H2,1-2H3/t14-,16?/m1/s1. The second-order valence-electron chi connectivity index (χ2n) is 5.97. The summed E-state index contributed by atoms with van der Waals surface area (Å²) in [4.78, 5) is 2.30. The SMILES string of the molecule is CC(C)Oc1ccc(C(O)[C@H](N)CN2CCCC2)cc1Cl. The average molecular weight is 313 g/mol. The first kappa shape index (κ1) is 16.6. The van der Waals surface area contributed by atoms with E-state index < -0.39 is 6.10 Å². The van der Waals surface area contributed by atoms with Crippen LogP contribution in [0.1, 0.15) is 38.4 Å². The summed E-state index contributed by atoms with van der Waals surface area (Å²) >= 11 is 6.21. The zero-order valence-electron chi connectivity index (χ0n) is 12.8. The van der Waals surface area contributed by atoms with Gasteiger partial charge in [0.1, 0.15) is 5.75 Å². The number of ether oxygens (including phenoxy) is 1. The van der Waals surface area contributed by atoms with Crippen molar-refractivity contribution in [2.75, 3.05) is 19.6 Å². The first-order valence-corrected chi connectivity index (χ1v) is 7.97. The zero-order valence-corrected chi connectivity index (χ0v) is 13.5. The van der Waals surface area contributed by atoms with Crippen LogP contribution in [0.25, 0.3) is 0 Å². The van der Waals surface area contributed by atoms with E-state index in [9.17, 15) is 5.11 Å². The Bertz CT molecular complexity index is 462. The Hall–Kier alpha value is -0.810. The van der Waals surface area contributed by atoms with Gasteiger partial charge >= 0.3 is 0 Å². The van der Waals surface area contributed by atoms with Crippen LogP contribution in [0.15, 0.2) is 18.2 Å². The van der Waals surface area contributed by atoms with Gasteiger partial charge in [0.25, 0.3) is 0 Å². The van der Waals surface area contributed by atoms with E-state index in [2.05, 4.69) is 4.90 Å². The van der Waals surface area contributed by atoms with Gasteiger partial charge in [-0.05, 0) is 57.5 Å². The van der Waals surface area contributed by atoms with E-state index >= 15 is 0 Å². The predicted molar refractivity (Wildman–Crippen MR) is 85.8 cm³/mol. The molecule has 1 unspecified atom stereocenters. The Balaban J connectivity index is 2.00. The van der Waals surface area contributed by atoms with Crippen LogP contribution in [0, 0.1) is 0 Å². The minimum atomic E-state index is -0.712. The van der Waals surface area contributed by atoms with Gasteiger partial charge < -0.3 is 20.5 Å². The molecule has 0 saturated carbocycles. The molecule has 0 bridgehead atoms. The molecule has 2 atom stereocenters. The summed E-state index contributed by atoms with van der Waals surface area (Å²) in [5.74, 6) is 0.635. The van der Waals surface area contributed by atoms with Crippen LogP contribution in [0.4, 0.5) is 0 Å². The molecule has 1 heterocycles. The molecule has 118 valence electrons. The molecule has 2 rings (SSSR count). The summed E-state index contributed by atoms with van der Waals surface area (Å²) in [6.45, 7) is 6.75. The third-order valence-corrected chi connectivity index (χ3v) is 4.03. The van der Waals surface area contributed by atoms with E-state index in [0.717, 1.165) is 18.7 Å². The van der Waals surface area contributed by atoms with Crippen molar-refractivity contribution in [3.05, 3.63) is 28.8 Å². The lowest BCUT2D eigenvalue weighted by Crippen LogP contribution is -2.40. The van der Waals surface area contributed by atoms with E-state index in [0.29, 0.717) is 17.3 Å². The summed E-state index contributed by atoms with van der Waals surface area (Å²) in [5, 5.41) is 10.9. The van der Waals surface area contributed by atoms with Gasteiger partial charge in [-0.15, -0.1) is 0 Å². The fourth-order valence-corrected chi connectivity index (χ4v) is 2.89. The zero-order chi connectivity index (χ0) is 15.4. The maximum atomic E-state index is 10.4. The van der Waals surface area contributed by atoms with Crippen molar-refractivity contribution in [1.82, 2.24) is 4.90 Å². The van der Waals surface area contributed by atoms with Crippen LogP contribution in [0.5, 0.6) is 5.75 Å². The molecule has 21 heavy (non-hydrogen) atoms. The largest absolute Gasteiger partial charge is 0.489 e. The van der Waals surface area contributed by atoms with Gasteiger partial charge in [-0.25, -0.2) is 0 Å². The second kappa shape index (κ2) is 7.45. The van der Waals surface area contributed by atoms with Crippen molar-refractivity contribution in [3.8, 4) is 5.75 Å². The fourth-order valence-electron chi connectivity index (χ4n) is 2.66. The number of likely N-dealkylation sites (tertiary alicyclic amines) is 1. The lowest BCUT2D eigenvalue weighted by molar-refractivity contribution is 0.125. The van der Waals surface area contributed by atoms with E-state index in [4.69, 9.17) is 22.1 Å². The molecule has 1 aliphatic rings. The maximum absolute atomic E-state index is 10.4. The molecule has 0 spiro atoms. The van der Waals surface area contributed by atoms with Gasteiger partial charge in [0.05, 0.1) is 17.2 Å². The normalized spacial score (nSPS) is 19.0. The third-order valence-electron chi connectivity index (χ3n) is 3.73. The molecular formula is C16H25ClN2O2. The Morgan fingerprint density at radius 3 is 2.57 bits per heavy atom. The fraction of sp³-hybridized carbons (Fsp3) is 0.625. The van der Waals surface area contributed by atoms with Crippen molar-refractivity contribution in [1.29, 1.82) is 0 Å². The van der Waals surface area contributed by atoms with Crippen LogP contribution in [0.2, 0.25) is 5.02 Å². The van der Waals surface area contributed by atoms with Crippen molar-refractivity contribution < 1.29 is 9.84 Å². The number of aliphatic hydroxyl groups excluding tert-OH is 1. The Kier molecular flexibility index (Phi) is 5.88. The van der Waals surface area contributed by atoms with Crippen LogP contribution in [-0.4, -0.2) is 41.8 Å². The number of halogens is 1. The predicted octanol–water partition coefficient (Wildman–Crippen LogP) is 2.58. The first-order valence-electron chi connectivity index (χ1n) is 7.59. The molecule has 0 amide bonds. The second-order valence-corrected chi connectivity index (χ2v) is 6.38. The summed E-state index contributed by atoms with van der Waals surface area (Å²) in [7, 11) is 0. The van der Waals surface area contributed by atoms with Gasteiger partial charge in [-0.2, -0.15) is 0 Å². The summed E-state index contributed by atoms with van der Waals surface area (Å²) in [6, 6.07) is 5.06. The van der Waals surface area contributed by atoms with Gasteiger partial charge in [0.15, 0.2) is 0 Å². The molecule has 4 nitrogen and oxygen atoms in total. The number of nitrogens with zero attached hydrogens (tertiary/aromatic N) is 1. The molecule has 0 aromatic heterocycles. The number of aliphatic hydroxyl groups is 1. The molecule has 0 radical (unpaired) electrons. The molecule has 1 aromatic rings. The highest BCUT2D eigenvalue weighted by Crippen LogP contribution is 2.29.